The Bertz CT molecular complexity index is 410. The molecule has 106 valence electrons. The zero-order valence-corrected chi connectivity index (χ0v) is 12.2. The van der Waals surface area contributed by atoms with Crippen LogP contribution in [0, 0.1) is 0 Å². The first kappa shape index (κ1) is 15.6. The summed E-state index contributed by atoms with van der Waals surface area (Å²) in [6.45, 7) is 5.81. The second kappa shape index (κ2) is 8.64. The van der Waals surface area contributed by atoms with Crippen molar-refractivity contribution >= 4 is 17.6 Å². The molecule has 1 aromatic carbocycles. The fourth-order valence-corrected chi connectivity index (χ4v) is 1.85. The highest BCUT2D eigenvalue weighted by Gasteiger charge is 2.03. The second-order valence-electron chi connectivity index (χ2n) is 4.13. The van der Waals surface area contributed by atoms with Gasteiger partial charge < -0.3 is 15.4 Å². The van der Waals surface area contributed by atoms with Gasteiger partial charge in [-0.05, 0) is 37.5 Å². The van der Waals surface area contributed by atoms with Gasteiger partial charge in [-0.25, -0.2) is 4.79 Å². The second-order valence-corrected chi connectivity index (χ2v) is 4.54. The minimum atomic E-state index is -0.126. The van der Waals surface area contributed by atoms with Gasteiger partial charge in [0, 0.05) is 13.1 Å². The molecule has 0 saturated heterocycles. The number of nitrogens with one attached hydrogen (secondary N) is 2. The van der Waals surface area contributed by atoms with E-state index in [9.17, 15) is 4.79 Å². The molecule has 0 fully saturated rings. The van der Waals surface area contributed by atoms with Gasteiger partial charge >= 0.3 is 6.03 Å². The summed E-state index contributed by atoms with van der Waals surface area (Å²) in [7, 11) is 0. The van der Waals surface area contributed by atoms with Gasteiger partial charge in [-0.15, -0.1) is 0 Å². The van der Waals surface area contributed by atoms with E-state index in [-0.39, 0.29) is 6.03 Å². The summed E-state index contributed by atoms with van der Waals surface area (Å²) in [6.07, 6.45) is 1.67. The van der Waals surface area contributed by atoms with Crippen molar-refractivity contribution in [2.75, 3.05) is 19.7 Å². The van der Waals surface area contributed by atoms with Crippen LogP contribution in [0.15, 0.2) is 18.2 Å². The van der Waals surface area contributed by atoms with Gasteiger partial charge in [-0.2, -0.15) is 0 Å². The highest BCUT2D eigenvalue weighted by molar-refractivity contribution is 6.32. The fraction of sp³-hybridized carbons (Fsp3) is 0.500. The lowest BCUT2D eigenvalue weighted by Gasteiger charge is -2.09. The van der Waals surface area contributed by atoms with Crippen molar-refractivity contribution in [2.24, 2.45) is 0 Å². The Kier molecular flexibility index (Phi) is 7.11. The summed E-state index contributed by atoms with van der Waals surface area (Å²) in [5.74, 6) is 0.696. The number of amides is 2. The molecule has 0 spiro atoms. The summed E-state index contributed by atoms with van der Waals surface area (Å²) < 4.78 is 5.37. The lowest BCUT2D eigenvalue weighted by molar-refractivity contribution is 0.241. The molecule has 19 heavy (non-hydrogen) atoms. The summed E-state index contributed by atoms with van der Waals surface area (Å²) in [4.78, 5) is 11.3. The van der Waals surface area contributed by atoms with Crippen LogP contribution in [0.2, 0.25) is 5.02 Å². The Balaban J connectivity index is 2.37. The van der Waals surface area contributed by atoms with Gasteiger partial charge in [0.1, 0.15) is 5.75 Å². The average Bonchev–Trinajstić information content (AvgIpc) is 2.39. The van der Waals surface area contributed by atoms with Crippen molar-refractivity contribution < 1.29 is 9.53 Å². The van der Waals surface area contributed by atoms with E-state index in [0.717, 1.165) is 18.4 Å². The van der Waals surface area contributed by atoms with E-state index in [1.807, 2.05) is 32.0 Å². The topological polar surface area (TPSA) is 50.4 Å². The highest BCUT2D eigenvalue weighted by Crippen LogP contribution is 2.25. The normalized spacial score (nSPS) is 10.1. The van der Waals surface area contributed by atoms with Crippen LogP contribution >= 0.6 is 11.6 Å². The molecule has 0 radical (unpaired) electrons. The van der Waals surface area contributed by atoms with E-state index in [1.165, 1.54) is 0 Å². The number of ether oxygens (including phenoxy) is 1. The maximum Gasteiger partial charge on any atom is 0.314 e. The number of hydrogen-bond acceptors (Lipinski definition) is 2. The predicted octanol–water partition coefficient (Wildman–Crippen LogP) is 2.99. The first-order valence-corrected chi connectivity index (χ1v) is 6.98. The maximum absolute atomic E-state index is 11.3. The summed E-state index contributed by atoms with van der Waals surface area (Å²) in [5.41, 5.74) is 1.07. The van der Waals surface area contributed by atoms with Crippen LogP contribution in [-0.2, 0) is 6.42 Å². The highest BCUT2D eigenvalue weighted by atomic mass is 35.5. The molecular weight excluding hydrogens is 264 g/mol. The Morgan fingerprint density at radius 2 is 2.00 bits per heavy atom. The molecule has 2 N–H and O–H groups in total. The molecule has 0 bridgehead atoms. The maximum atomic E-state index is 11.3. The van der Waals surface area contributed by atoms with Gasteiger partial charge in [0.25, 0.3) is 0 Å². The van der Waals surface area contributed by atoms with E-state index < -0.39 is 0 Å². The van der Waals surface area contributed by atoms with Gasteiger partial charge in [0.2, 0.25) is 0 Å². The Morgan fingerprint density at radius 1 is 1.26 bits per heavy atom. The number of urea groups is 1. The molecule has 1 aromatic rings. The molecule has 1 rings (SSSR count). The molecule has 0 aromatic heterocycles. The van der Waals surface area contributed by atoms with Crippen molar-refractivity contribution in [3.05, 3.63) is 28.8 Å². The number of benzene rings is 1. The van der Waals surface area contributed by atoms with Gasteiger partial charge in [-0.3, -0.25) is 0 Å². The molecule has 0 aliphatic carbocycles. The number of halogens is 1. The number of hydrogen-bond donors (Lipinski definition) is 2. The first-order valence-electron chi connectivity index (χ1n) is 6.60. The Morgan fingerprint density at radius 3 is 2.63 bits per heavy atom. The number of carbonyl (C=O) groups excluding carboxylic acids is 1. The lowest BCUT2D eigenvalue weighted by Crippen LogP contribution is -2.36. The quantitative estimate of drug-likeness (QED) is 0.809. The Labute approximate surface area is 119 Å². The minimum Gasteiger partial charge on any atom is -0.492 e. The summed E-state index contributed by atoms with van der Waals surface area (Å²) >= 11 is 6.09. The van der Waals surface area contributed by atoms with E-state index in [4.69, 9.17) is 16.3 Å². The average molecular weight is 285 g/mol. The van der Waals surface area contributed by atoms with E-state index in [2.05, 4.69) is 10.6 Å². The molecular formula is C14H21ClN2O2. The third kappa shape index (κ3) is 5.83. The van der Waals surface area contributed by atoms with Crippen LogP contribution in [0.3, 0.4) is 0 Å². The van der Waals surface area contributed by atoms with Crippen molar-refractivity contribution in [1.82, 2.24) is 10.6 Å². The van der Waals surface area contributed by atoms with E-state index >= 15 is 0 Å². The Hall–Kier alpha value is -1.42. The third-order valence-electron chi connectivity index (χ3n) is 2.53. The molecule has 0 aliphatic heterocycles. The number of rotatable bonds is 7. The lowest BCUT2D eigenvalue weighted by atomic mass is 10.1. The number of carbonyl (C=O) groups is 1. The van der Waals surface area contributed by atoms with Crippen LogP contribution in [0.4, 0.5) is 4.79 Å². The summed E-state index contributed by atoms with van der Waals surface area (Å²) in [6, 6.07) is 5.57. The monoisotopic (exact) mass is 284 g/mol. The predicted molar refractivity (Wildman–Crippen MR) is 78.0 cm³/mol. The van der Waals surface area contributed by atoms with Gasteiger partial charge in [0.05, 0.1) is 11.6 Å². The zero-order valence-electron chi connectivity index (χ0n) is 11.5. The molecule has 5 heteroatoms. The molecule has 0 aliphatic rings. The van der Waals surface area contributed by atoms with Crippen molar-refractivity contribution in [3.8, 4) is 5.75 Å². The molecule has 0 saturated carbocycles. The molecule has 0 heterocycles. The first-order chi connectivity index (χ1) is 9.17. The van der Waals surface area contributed by atoms with Gasteiger partial charge in [-0.1, -0.05) is 24.6 Å². The van der Waals surface area contributed by atoms with Gasteiger partial charge in [0.15, 0.2) is 0 Å². The molecule has 0 unspecified atom stereocenters. The van der Waals surface area contributed by atoms with Crippen LogP contribution in [0.25, 0.3) is 0 Å². The molecule has 0 atom stereocenters. The standard InChI is InChI=1S/C14H21ClN2O2/c1-3-8-16-14(18)17-9-7-11-5-6-13(19-4-2)12(15)10-11/h5-6,10H,3-4,7-9H2,1-2H3,(H2,16,17,18). The smallest absolute Gasteiger partial charge is 0.314 e. The minimum absolute atomic E-state index is 0.126. The zero-order chi connectivity index (χ0) is 14.1. The van der Waals surface area contributed by atoms with Crippen molar-refractivity contribution in [2.45, 2.75) is 26.7 Å². The van der Waals surface area contributed by atoms with Crippen molar-refractivity contribution in [3.63, 3.8) is 0 Å². The van der Waals surface area contributed by atoms with E-state index in [0.29, 0.717) is 30.5 Å². The largest absolute Gasteiger partial charge is 0.492 e. The molecule has 4 nitrogen and oxygen atoms in total. The van der Waals surface area contributed by atoms with Crippen LogP contribution in [0.1, 0.15) is 25.8 Å². The van der Waals surface area contributed by atoms with Crippen LogP contribution in [0.5, 0.6) is 5.75 Å². The van der Waals surface area contributed by atoms with E-state index in [1.54, 1.807) is 0 Å². The third-order valence-corrected chi connectivity index (χ3v) is 2.83. The summed E-state index contributed by atoms with van der Waals surface area (Å²) in [5, 5.41) is 6.17. The van der Waals surface area contributed by atoms with Crippen LogP contribution in [-0.4, -0.2) is 25.7 Å². The van der Waals surface area contributed by atoms with Crippen molar-refractivity contribution in [1.29, 1.82) is 0 Å². The molecule has 2 amide bonds. The fourth-order valence-electron chi connectivity index (χ4n) is 1.59. The SMILES string of the molecule is CCCNC(=O)NCCc1ccc(OCC)c(Cl)c1. The van der Waals surface area contributed by atoms with Crippen LogP contribution < -0.4 is 15.4 Å².